The van der Waals surface area contributed by atoms with Crippen molar-refractivity contribution in [3.8, 4) is 0 Å². The van der Waals surface area contributed by atoms with E-state index < -0.39 is 0 Å². The lowest BCUT2D eigenvalue weighted by Crippen LogP contribution is -2.40. The summed E-state index contributed by atoms with van der Waals surface area (Å²) in [7, 11) is 0. The molecular formula is C13H17BrN2O2. The summed E-state index contributed by atoms with van der Waals surface area (Å²) in [4.78, 5) is 18.2. The topological polar surface area (TPSA) is 42.4 Å². The van der Waals surface area contributed by atoms with Crippen molar-refractivity contribution in [2.75, 3.05) is 19.7 Å². The monoisotopic (exact) mass is 312 g/mol. The van der Waals surface area contributed by atoms with Gasteiger partial charge >= 0.3 is 0 Å². The molecule has 0 radical (unpaired) electrons. The summed E-state index contributed by atoms with van der Waals surface area (Å²) in [5, 5.41) is 0. The summed E-state index contributed by atoms with van der Waals surface area (Å²) in [6.45, 7) is 4.29. The van der Waals surface area contributed by atoms with Gasteiger partial charge in [0.2, 0.25) is 0 Å². The SMILES string of the molecule is CCOC1CCN(C(=O)c2ccnc(Br)c2)CC1. The molecule has 0 saturated carbocycles. The Labute approximate surface area is 115 Å². The quantitative estimate of drug-likeness (QED) is 0.805. The summed E-state index contributed by atoms with van der Waals surface area (Å²) in [5.41, 5.74) is 0.687. The zero-order valence-corrected chi connectivity index (χ0v) is 12.0. The fourth-order valence-corrected chi connectivity index (χ4v) is 2.54. The maximum atomic E-state index is 12.3. The predicted molar refractivity (Wildman–Crippen MR) is 72.5 cm³/mol. The molecule has 0 unspecified atom stereocenters. The van der Waals surface area contributed by atoms with Crippen LogP contribution < -0.4 is 0 Å². The Morgan fingerprint density at radius 2 is 2.28 bits per heavy atom. The molecule has 0 bridgehead atoms. The number of hydrogen-bond acceptors (Lipinski definition) is 3. The number of halogens is 1. The van der Waals surface area contributed by atoms with Crippen LogP contribution in [0.15, 0.2) is 22.9 Å². The number of piperidine rings is 1. The number of rotatable bonds is 3. The van der Waals surface area contributed by atoms with Gasteiger partial charge in [0.05, 0.1) is 6.10 Å². The van der Waals surface area contributed by atoms with Crippen molar-refractivity contribution in [2.24, 2.45) is 0 Å². The summed E-state index contributed by atoms with van der Waals surface area (Å²) in [5.74, 6) is 0.0769. The number of nitrogens with zero attached hydrogens (tertiary/aromatic N) is 2. The fraction of sp³-hybridized carbons (Fsp3) is 0.538. The van der Waals surface area contributed by atoms with Gasteiger partial charge in [0, 0.05) is 31.5 Å². The number of carbonyl (C=O) groups excluding carboxylic acids is 1. The number of carbonyl (C=O) groups is 1. The molecular weight excluding hydrogens is 296 g/mol. The minimum atomic E-state index is 0.0769. The van der Waals surface area contributed by atoms with E-state index in [1.165, 1.54) is 0 Å². The van der Waals surface area contributed by atoms with Crippen molar-refractivity contribution in [2.45, 2.75) is 25.9 Å². The van der Waals surface area contributed by atoms with Crippen LogP contribution in [0.5, 0.6) is 0 Å². The highest BCUT2D eigenvalue weighted by atomic mass is 79.9. The Morgan fingerprint density at radius 1 is 1.56 bits per heavy atom. The number of aromatic nitrogens is 1. The van der Waals surface area contributed by atoms with Crippen molar-refractivity contribution in [3.63, 3.8) is 0 Å². The van der Waals surface area contributed by atoms with Crippen LogP contribution >= 0.6 is 15.9 Å². The van der Waals surface area contributed by atoms with Crippen molar-refractivity contribution < 1.29 is 9.53 Å². The molecule has 2 heterocycles. The molecule has 0 atom stereocenters. The van der Waals surface area contributed by atoms with E-state index in [1.807, 2.05) is 11.8 Å². The lowest BCUT2D eigenvalue weighted by Gasteiger charge is -2.31. The van der Waals surface area contributed by atoms with Crippen LogP contribution in [0.2, 0.25) is 0 Å². The van der Waals surface area contributed by atoms with Gasteiger partial charge in [0.15, 0.2) is 0 Å². The smallest absolute Gasteiger partial charge is 0.254 e. The first kappa shape index (κ1) is 13.5. The summed E-state index contributed by atoms with van der Waals surface area (Å²) in [6, 6.07) is 3.51. The van der Waals surface area contributed by atoms with E-state index in [0.29, 0.717) is 16.3 Å². The highest BCUT2D eigenvalue weighted by molar-refractivity contribution is 9.10. The van der Waals surface area contributed by atoms with Crippen LogP contribution in [0.3, 0.4) is 0 Å². The Morgan fingerprint density at radius 3 is 2.89 bits per heavy atom. The van der Waals surface area contributed by atoms with Gasteiger partial charge in [-0.3, -0.25) is 4.79 Å². The Kier molecular flexibility index (Phi) is 4.72. The molecule has 4 nitrogen and oxygen atoms in total. The molecule has 1 aliphatic rings. The summed E-state index contributed by atoms with van der Waals surface area (Å²) in [6.07, 6.45) is 3.80. The van der Waals surface area contributed by atoms with E-state index in [-0.39, 0.29) is 5.91 Å². The lowest BCUT2D eigenvalue weighted by molar-refractivity contribution is 0.0146. The molecule has 1 aliphatic heterocycles. The fourth-order valence-electron chi connectivity index (χ4n) is 2.18. The van der Waals surface area contributed by atoms with Gasteiger partial charge < -0.3 is 9.64 Å². The zero-order valence-electron chi connectivity index (χ0n) is 10.4. The molecule has 0 spiro atoms. The van der Waals surface area contributed by atoms with E-state index in [2.05, 4.69) is 20.9 Å². The minimum Gasteiger partial charge on any atom is -0.378 e. The second-order valence-electron chi connectivity index (χ2n) is 4.31. The van der Waals surface area contributed by atoms with Gasteiger partial charge in [-0.15, -0.1) is 0 Å². The first-order valence-electron chi connectivity index (χ1n) is 6.23. The highest BCUT2D eigenvalue weighted by Gasteiger charge is 2.23. The molecule has 1 fully saturated rings. The first-order chi connectivity index (χ1) is 8.70. The third kappa shape index (κ3) is 3.29. The molecule has 0 aliphatic carbocycles. The van der Waals surface area contributed by atoms with Crippen LogP contribution in [0, 0.1) is 0 Å². The molecule has 1 aromatic heterocycles. The number of pyridine rings is 1. The molecule has 5 heteroatoms. The first-order valence-corrected chi connectivity index (χ1v) is 7.02. The van der Waals surface area contributed by atoms with Gasteiger partial charge in [-0.2, -0.15) is 0 Å². The number of hydrogen-bond donors (Lipinski definition) is 0. The zero-order chi connectivity index (χ0) is 13.0. The van der Waals surface area contributed by atoms with E-state index in [4.69, 9.17) is 4.74 Å². The standard InChI is InChI=1S/C13H17BrN2O2/c1-2-18-11-4-7-16(8-5-11)13(17)10-3-6-15-12(14)9-10/h3,6,9,11H,2,4-5,7-8H2,1H3. The lowest BCUT2D eigenvalue weighted by atomic mass is 10.1. The molecule has 18 heavy (non-hydrogen) atoms. The molecule has 2 rings (SSSR count). The van der Waals surface area contributed by atoms with Gasteiger partial charge in [-0.25, -0.2) is 4.98 Å². The van der Waals surface area contributed by atoms with E-state index >= 15 is 0 Å². The number of likely N-dealkylation sites (tertiary alicyclic amines) is 1. The Bertz CT molecular complexity index is 417. The Hall–Kier alpha value is -0.940. The molecule has 1 aromatic rings. The van der Waals surface area contributed by atoms with Crippen LogP contribution in [0.4, 0.5) is 0 Å². The maximum absolute atomic E-state index is 12.3. The van der Waals surface area contributed by atoms with Crippen LogP contribution in [0.1, 0.15) is 30.1 Å². The van der Waals surface area contributed by atoms with Gasteiger partial charge in [0.25, 0.3) is 5.91 Å². The maximum Gasteiger partial charge on any atom is 0.254 e. The van der Waals surface area contributed by atoms with Gasteiger partial charge in [-0.1, -0.05) is 0 Å². The van der Waals surface area contributed by atoms with Crippen molar-refractivity contribution in [1.29, 1.82) is 0 Å². The molecule has 1 amide bonds. The van der Waals surface area contributed by atoms with E-state index in [0.717, 1.165) is 32.5 Å². The molecule has 1 saturated heterocycles. The minimum absolute atomic E-state index is 0.0769. The van der Waals surface area contributed by atoms with Crippen LogP contribution in [0.25, 0.3) is 0 Å². The second-order valence-corrected chi connectivity index (χ2v) is 5.13. The second kappa shape index (κ2) is 6.29. The van der Waals surface area contributed by atoms with Crippen molar-refractivity contribution in [3.05, 3.63) is 28.5 Å². The summed E-state index contributed by atoms with van der Waals surface area (Å²) >= 11 is 3.28. The molecule has 0 aromatic carbocycles. The number of ether oxygens (including phenoxy) is 1. The Balaban J connectivity index is 1.95. The van der Waals surface area contributed by atoms with E-state index in [1.54, 1.807) is 18.3 Å². The third-order valence-electron chi connectivity index (χ3n) is 3.11. The van der Waals surface area contributed by atoms with Gasteiger partial charge in [0.1, 0.15) is 4.60 Å². The van der Waals surface area contributed by atoms with E-state index in [9.17, 15) is 4.79 Å². The largest absolute Gasteiger partial charge is 0.378 e. The average molecular weight is 313 g/mol. The third-order valence-corrected chi connectivity index (χ3v) is 3.54. The molecule has 0 N–H and O–H groups in total. The van der Waals surface area contributed by atoms with Crippen LogP contribution in [-0.2, 0) is 4.74 Å². The summed E-state index contributed by atoms with van der Waals surface area (Å²) < 4.78 is 6.27. The number of amides is 1. The average Bonchev–Trinajstić information content (AvgIpc) is 2.39. The van der Waals surface area contributed by atoms with Crippen molar-refractivity contribution >= 4 is 21.8 Å². The normalized spacial score (nSPS) is 16.9. The molecule has 98 valence electrons. The highest BCUT2D eigenvalue weighted by Crippen LogP contribution is 2.17. The predicted octanol–water partition coefficient (Wildman–Crippen LogP) is 2.49. The van der Waals surface area contributed by atoms with Crippen LogP contribution in [-0.4, -0.2) is 41.6 Å². The van der Waals surface area contributed by atoms with Gasteiger partial charge in [-0.05, 0) is 47.8 Å². The van der Waals surface area contributed by atoms with Crippen molar-refractivity contribution in [1.82, 2.24) is 9.88 Å².